The minimum Gasteiger partial charge on any atom is -0.329 e. The minimum atomic E-state index is -0.319. The molecule has 3 nitrogen and oxygen atoms in total. The third kappa shape index (κ3) is 1.75. The number of aromatic nitrogens is 2. The van der Waals surface area contributed by atoms with Crippen molar-refractivity contribution >= 4 is 11.0 Å². The predicted molar refractivity (Wildman–Crippen MR) is 71.9 cm³/mol. The van der Waals surface area contributed by atoms with Crippen LogP contribution in [-0.4, -0.2) is 9.55 Å². The number of benzene rings is 1. The fourth-order valence-electron chi connectivity index (χ4n) is 2.48. The molecule has 0 atom stereocenters. The van der Waals surface area contributed by atoms with Crippen molar-refractivity contribution in [3.8, 4) is 0 Å². The Balaban J connectivity index is 2.72. The van der Waals surface area contributed by atoms with Gasteiger partial charge in [0.1, 0.15) is 5.82 Å². The van der Waals surface area contributed by atoms with Gasteiger partial charge in [-0.05, 0) is 31.4 Å². The Kier molecular flexibility index (Phi) is 2.96. The van der Waals surface area contributed by atoms with Crippen molar-refractivity contribution in [3.05, 3.63) is 29.6 Å². The molecule has 0 aliphatic rings. The van der Waals surface area contributed by atoms with Crippen molar-refractivity contribution in [2.45, 2.75) is 39.2 Å². The maximum absolute atomic E-state index is 6.45. The highest BCUT2D eigenvalue weighted by Crippen LogP contribution is 2.28. The van der Waals surface area contributed by atoms with Crippen LogP contribution in [0, 0.1) is 6.92 Å². The third-order valence-corrected chi connectivity index (χ3v) is 3.80. The Labute approximate surface area is 103 Å². The normalized spacial score (nSPS) is 12.3. The van der Waals surface area contributed by atoms with E-state index in [4.69, 9.17) is 10.7 Å². The van der Waals surface area contributed by atoms with E-state index in [-0.39, 0.29) is 5.54 Å². The van der Waals surface area contributed by atoms with E-state index >= 15 is 0 Å². The van der Waals surface area contributed by atoms with Gasteiger partial charge in [-0.2, -0.15) is 0 Å². The van der Waals surface area contributed by atoms with Crippen LogP contribution in [0.1, 0.15) is 38.1 Å². The first-order valence-corrected chi connectivity index (χ1v) is 6.25. The second-order valence-electron chi connectivity index (χ2n) is 4.80. The summed E-state index contributed by atoms with van der Waals surface area (Å²) >= 11 is 0. The first kappa shape index (κ1) is 12.1. The number of aryl methyl sites for hydroxylation is 2. The summed E-state index contributed by atoms with van der Waals surface area (Å²) in [6, 6.07) is 6.21. The zero-order valence-electron chi connectivity index (χ0n) is 11.1. The molecule has 0 fully saturated rings. The summed E-state index contributed by atoms with van der Waals surface area (Å²) in [7, 11) is 2.06. The molecule has 0 aliphatic heterocycles. The molecule has 0 saturated heterocycles. The number of rotatable bonds is 3. The van der Waals surface area contributed by atoms with Crippen molar-refractivity contribution in [1.82, 2.24) is 9.55 Å². The molecule has 2 aromatic rings. The standard InChI is InChI=1S/C14H21N3/c1-5-14(15,6-2)13-16-11-9-7-8-10(3)12(11)17(13)4/h7-9H,5-6,15H2,1-4H3. The van der Waals surface area contributed by atoms with E-state index in [1.807, 2.05) is 6.07 Å². The van der Waals surface area contributed by atoms with Gasteiger partial charge in [-0.25, -0.2) is 4.98 Å². The van der Waals surface area contributed by atoms with E-state index in [1.165, 1.54) is 11.1 Å². The lowest BCUT2D eigenvalue weighted by Gasteiger charge is -2.25. The van der Waals surface area contributed by atoms with Crippen molar-refractivity contribution in [2.24, 2.45) is 12.8 Å². The average Bonchev–Trinajstić information content (AvgIpc) is 2.68. The maximum Gasteiger partial charge on any atom is 0.129 e. The van der Waals surface area contributed by atoms with Crippen molar-refractivity contribution in [3.63, 3.8) is 0 Å². The first-order valence-electron chi connectivity index (χ1n) is 6.25. The number of nitrogens with zero attached hydrogens (tertiary/aromatic N) is 2. The molecule has 2 N–H and O–H groups in total. The van der Waals surface area contributed by atoms with Crippen LogP contribution >= 0.6 is 0 Å². The Morgan fingerprint density at radius 3 is 2.47 bits per heavy atom. The summed E-state index contributed by atoms with van der Waals surface area (Å²) in [5, 5.41) is 0. The molecule has 1 heterocycles. The van der Waals surface area contributed by atoms with E-state index in [0.717, 1.165) is 24.2 Å². The van der Waals surface area contributed by atoms with Crippen LogP contribution in [0.3, 0.4) is 0 Å². The smallest absolute Gasteiger partial charge is 0.129 e. The molecule has 0 amide bonds. The van der Waals surface area contributed by atoms with E-state index < -0.39 is 0 Å². The van der Waals surface area contributed by atoms with Gasteiger partial charge in [0, 0.05) is 7.05 Å². The number of hydrogen-bond donors (Lipinski definition) is 1. The monoisotopic (exact) mass is 231 g/mol. The summed E-state index contributed by atoms with van der Waals surface area (Å²) in [6.45, 7) is 6.36. The van der Waals surface area contributed by atoms with E-state index in [9.17, 15) is 0 Å². The highest BCUT2D eigenvalue weighted by atomic mass is 15.1. The highest BCUT2D eigenvalue weighted by Gasteiger charge is 2.28. The Morgan fingerprint density at radius 1 is 1.29 bits per heavy atom. The third-order valence-electron chi connectivity index (χ3n) is 3.80. The molecule has 1 aromatic heterocycles. The number of para-hydroxylation sites is 1. The topological polar surface area (TPSA) is 43.8 Å². The molecular weight excluding hydrogens is 210 g/mol. The van der Waals surface area contributed by atoms with Crippen LogP contribution in [0.25, 0.3) is 11.0 Å². The van der Waals surface area contributed by atoms with E-state index in [2.05, 4.69) is 44.5 Å². The Bertz CT molecular complexity index is 536. The number of imidazole rings is 1. The molecule has 0 spiro atoms. The fraction of sp³-hybridized carbons (Fsp3) is 0.500. The number of hydrogen-bond acceptors (Lipinski definition) is 2. The Morgan fingerprint density at radius 2 is 1.94 bits per heavy atom. The predicted octanol–water partition coefficient (Wildman–Crippen LogP) is 2.86. The van der Waals surface area contributed by atoms with Gasteiger partial charge in [-0.1, -0.05) is 26.0 Å². The van der Waals surface area contributed by atoms with Gasteiger partial charge in [0.15, 0.2) is 0 Å². The second-order valence-corrected chi connectivity index (χ2v) is 4.80. The molecule has 1 aromatic carbocycles. The van der Waals surface area contributed by atoms with Crippen LogP contribution < -0.4 is 5.73 Å². The molecule has 0 radical (unpaired) electrons. The molecule has 0 bridgehead atoms. The zero-order valence-corrected chi connectivity index (χ0v) is 11.1. The van der Waals surface area contributed by atoms with Crippen LogP contribution in [0.15, 0.2) is 18.2 Å². The summed E-state index contributed by atoms with van der Waals surface area (Å²) in [6.07, 6.45) is 1.80. The van der Waals surface area contributed by atoms with Gasteiger partial charge in [0.25, 0.3) is 0 Å². The highest BCUT2D eigenvalue weighted by molar-refractivity contribution is 5.79. The maximum atomic E-state index is 6.45. The van der Waals surface area contributed by atoms with Crippen LogP contribution in [0.2, 0.25) is 0 Å². The summed E-state index contributed by atoms with van der Waals surface area (Å²) in [4.78, 5) is 4.72. The molecule has 0 aliphatic carbocycles. The van der Waals surface area contributed by atoms with Gasteiger partial charge in [-0.3, -0.25) is 0 Å². The van der Waals surface area contributed by atoms with Crippen LogP contribution in [0.5, 0.6) is 0 Å². The summed E-state index contributed by atoms with van der Waals surface area (Å²) in [5.41, 5.74) is 9.61. The average molecular weight is 231 g/mol. The first-order chi connectivity index (χ1) is 8.03. The molecule has 2 rings (SSSR count). The van der Waals surface area contributed by atoms with Gasteiger partial charge < -0.3 is 10.3 Å². The summed E-state index contributed by atoms with van der Waals surface area (Å²) < 4.78 is 2.15. The lowest BCUT2D eigenvalue weighted by atomic mass is 9.93. The van der Waals surface area contributed by atoms with Crippen molar-refractivity contribution < 1.29 is 0 Å². The fourth-order valence-corrected chi connectivity index (χ4v) is 2.48. The number of fused-ring (bicyclic) bond motifs is 1. The molecule has 17 heavy (non-hydrogen) atoms. The van der Waals surface area contributed by atoms with Crippen molar-refractivity contribution in [2.75, 3.05) is 0 Å². The molecule has 92 valence electrons. The zero-order chi connectivity index (χ0) is 12.6. The second kappa shape index (κ2) is 4.15. The van der Waals surface area contributed by atoms with Crippen molar-refractivity contribution in [1.29, 1.82) is 0 Å². The largest absolute Gasteiger partial charge is 0.329 e. The molecule has 0 saturated carbocycles. The van der Waals surface area contributed by atoms with Crippen LogP contribution in [0.4, 0.5) is 0 Å². The molecule has 0 unspecified atom stereocenters. The quantitative estimate of drug-likeness (QED) is 0.882. The van der Waals surface area contributed by atoms with E-state index in [0.29, 0.717) is 0 Å². The van der Waals surface area contributed by atoms with Gasteiger partial charge in [0.05, 0.1) is 16.6 Å². The van der Waals surface area contributed by atoms with Gasteiger partial charge in [-0.15, -0.1) is 0 Å². The minimum absolute atomic E-state index is 0.319. The molecule has 3 heteroatoms. The number of nitrogens with two attached hydrogens (primary N) is 1. The lowest BCUT2D eigenvalue weighted by molar-refractivity contribution is 0.378. The summed E-state index contributed by atoms with van der Waals surface area (Å²) in [5.74, 6) is 0.992. The van der Waals surface area contributed by atoms with Gasteiger partial charge >= 0.3 is 0 Å². The lowest BCUT2D eigenvalue weighted by Crippen LogP contribution is -2.37. The SMILES string of the molecule is CCC(N)(CC)c1nc2cccc(C)c2n1C. The van der Waals surface area contributed by atoms with Gasteiger partial charge in [0.2, 0.25) is 0 Å². The van der Waals surface area contributed by atoms with Crippen LogP contribution in [-0.2, 0) is 12.6 Å². The Hall–Kier alpha value is -1.35. The van der Waals surface area contributed by atoms with E-state index in [1.54, 1.807) is 0 Å². The molecular formula is C14H21N3.